The Morgan fingerprint density at radius 2 is 1.80 bits per heavy atom. The number of urea groups is 1. The summed E-state index contributed by atoms with van der Waals surface area (Å²) >= 11 is -0.425. The molecule has 2 N–H and O–H groups in total. The van der Waals surface area contributed by atoms with Crippen molar-refractivity contribution in [1.29, 1.82) is 0 Å². The van der Waals surface area contributed by atoms with Crippen LogP contribution in [0.5, 0.6) is 5.75 Å². The van der Waals surface area contributed by atoms with Gasteiger partial charge in [-0.15, -0.1) is 0 Å². The van der Waals surface area contributed by atoms with Crippen LogP contribution >= 0.6 is 0 Å². The molecule has 0 bridgehead atoms. The first-order valence-corrected chi connectivity index (χ1v) is 15.0. The molecule has 3 amide bonds. The molecule has 0 spiro atoms. The van der Waals surface area contributed by atoms with Crippen molar-refractivity contribution in [2.45, 2.75) is 39.4 Å². The van der Waals surface area contributed by atoms with E-state index in [0.29, 0.717) is 36.8 Å². The summed E-state index contributed by atoms with van der Waals surface area (Å²) in [6.07, 6.45) is -0.323. The van der Waals surface area contributed by atoms with Gasteiger partial charge in [0.2, 0.25) is 0 Å². The number of nitrogens with one attached hydrogen (secondary N) is 2. The zero-order valence-corrected chi connectivity index (χ0v) is 24.4. The summed E-state index contributed by atoms with van der Waals surface area (Å²) in [5.41, 5.74) is -0.253. The number of aliphatic imine (C=N–C) groups is 1. The van der Waals surface area contributed by atoms with Gasteiger partial charge in [-0.1, -0.05) is 6.07 Å². The van der Waals surface area contributed by atoms with Crippen LogP contribution in [0.2, 0.25) is 0 Å². The first-order valence-electron chi connectivity index (χ1n) is 12.7. The molecule has 1 fully saturated rings. The van der Waals surface area contributed by atoms with E-state index in [-0.39, 0.29) is 23.2 Å². The zero-order chi connectivity index (χ0) is 28.9. The molecule has 0 aromatic heterocycles. The average Bonchev–Trinajstić information content (AvgIpc) is 3.15. The van der Waals surface area contributed by atoms with Crippen molar-refractivity contribution < 1.29 is 48.7 Å². The molecule has 0 saturated carbocycles. The van der Waals surface area contributed by atoms with Crippen molar-refractivity contribution in [3.63, 3.8) is 0 Å². The van der Waals surface area contributed by atoms with E-state index < -0.39 is 39.0 Å². The fourth-order valence-electron chi connectivity index (χ4n) is 4.32. The summed E-state index contributed by atoms with van der Waals surface area (Å²) in [6, 6.07) is 9.73. The molecule has 0 unspecified atom stereocenters. The van der Waals surface area contributed by atoms with Crippen LogP contribution in [0.1, 0.15) is 31.4 Å². The maximum atomic E-state index is 13.2. The van der Waals surface area contributed by atoms with Gasteiger partial charge in [-0.2, -0.15) is 13.2 Å². The summed E-state index contributed by atoms with van der Waals surface area (Å²) < 4.78 is 48.7. The standard InChI is InChI=1S/C28H30F3IN5O3/c1-4-26(38)36-13-14-37(19(3)17-36)24-16-25(33-12-11-32-24)40-22-9-7-20(8-10-22)34-27(39)35-21-6-5-18(2)23(15-21)28(29,30)31/h5-12,15-16,19H,4,13-14,17H2,1-3H3,(H2,34,35,39)/q-1/t19-/m1/s1. The van der Waals surface area contributed by atoms with Crippen molar-refractivity contribution in [2.75, 3.05) is 30.3 Å². The van der Waals surface area contributed by atoms with Gasteiger partial charge in [0.05, 0.1) is 5.56 Å². The third-order valence-corrected chi connectivity index (χ3v) is 8.62. The number of benzene rings is 2. The number of carbonyl (C=O) groups excluding carboxylic acids is 2. The van der Waals surface area contributed by atoms with Gasteiger partial charge in [-0.25, -0.2) is 0 Å². The van der Waals surface area contributed by atoms with E-state index in [9.17, 15) is 22.8 Å². The molecule has 0 radical (unpaired) electrons. The van der Waals surface area contributed by atoms with Crippen molar-refractivity contribution in [2.24, 2.45) is 4.99 Å². The van der Waals surface area contributed by atoms with Crippen molar-refractivity contribution >= 4 is 29.2 Å². The molecule has 12 heteroatoms. The van der Waals surface area contributed by atoms with E-state index in [0.717, 1.165) is 16.3 Å². The van der Waals surface area contributed by atoms with Crippen LogP contribution in [0.4, 0.5) is 29.3 Å². The topological polar surface area (TPSA) is 86.3 Å². The number of anilines is 2. The van der Waals surface area contributed by atoms with Crippen LogP contribution < -0.4 is 36.6 Å². The third kappa shape index (κ3) is 7.55. The molecule has 8 nitrogen and oxygen atoms in total. The Bertz CT molecular complexity index is 1340. The number of carbonyl (C=O) groups is 2. The number of piperazine rings is 1. The molecule has 2 aromatic carbocycles. The molecule has 2 aliphatic heterocycles. The Kier molecular flexibility index (Phi) is 9.38. The molecule has 0 aliphatic carbocycles. The van der Waals surface area contributed by atoms with E-state index in [1.807, 2.05) is 17.9 Å². The number of amides is 3. The molecule has 1 saturated heterocycles. The van der Waals surface area contributed by atoms with Crippen molar-refractivity contribution in [3.8, 4) is 5.75 Å². The predicted molar refractivity (Wildman–Crippen MR) is 144 cm³/mol. The summed E-state index contributed by atoms with van der Waals surface area (Å²) in [6.45, 7) is 7.47. The van der Waals surface area contributed by atoms with E-state index >= 15 is 0 Å². The number of rotatable bonds is 5. The van der Waals surface area contributed by atoms with E-state index in [4.69, 9.17) is 4.74 Å². The van der Waals surface area contributed by atoms with Gasteiger partial charge >= 0.3 is 192 Å². The molecular formula is C28H30F3IN5O3-. The second-order valence-electron chi connectivity index (χ2n) is 9.29. The normalized spacial score (nSPS) is 17.7. The fraction of sp³-hybridized carbons (Fsp3) is 0.321. The number of nitrogens with zero attached hydrogens (tertiary/aromatic N) is 3. The number of aryl methyl sites for hydroxylation is 1. The van der Waals surface area contributed by atoms with Gasteiger partial charge in [-0.3, -0.25) is 0 Å². The third-order valence-electron chi connectivity index (χ3n) is 6.37. The number of hydrogen-bond donors (Lipinski definition) is 2. The summed E-state index contributed by atoms with van der Waals surface area (Å²) in [7, 11) is 0. The maximum absolute atomic E-state index is 13.2. The zero-order valence-electron chi connectivity index (χ0n) is 22.3. The number of alkyl halides is 3. The van der Waals surface area contributed by atoms with Crippen LogP contribution in [-0.4, -0.2) is 53.3 Å². The van der Waals surface area contributed by atoms with Crippen LogP contribution in [0.3, 0.4) is 0 Å². The molecule has 40 heavy (non-hydrogen) atoms. The Morgan fingerprint density at radius 3 is 2.48 bits per heavy atom. The van der Waals surface area contributed by atoms with E-state index in [1.54, 1.807) is 30.5 Å². The molecule has 2 aliphatic rings. The molecule has 2 aromatic rings. The Balaban J connectivity index is 1.36. The van der Waals surface area contributed by atoms with Crippen LogP contribution in [0.25, 0.3) is 0 Å². The summed E-state index contributed by atoms with van der Waals surface area (Å²) in [4.78, 5) is 33.1. The average molecular weight is 668 g/mol. The Labute approximate surface area is 241 Å². The van der Waals surface area contributed by atoms with Crippen molar-refractivity contribution in [1.82, 2.24) is 9.80 Å². The minimum absolute atomic E-state index is 0.0351. The molecule has 4 rings (SSSR count). The molecule has 214 valence electrons. The number of halogens is 4. The first-order chi connectivity index (χ1) is 19.0. The van der Waals surface area contributed by atoms with Crippen LogP contribution in [0, 0.1) is 6.92 Å². The van der Waals surface area contributed by atoms with Gasteiger partial charge in [0.25, 0.3) is 0 Å². The Hall–Kier alpha value is -3.55. The fourth-order valence-corrected chi connectivity index (χ4v) is 6.53. The minimum atomic E-state index is -4.51. The van der Waals surface area contributed by atoms with Crippen LogP contribution in [-0.2, 0) is 11.0 Å². The summed E-state index contributed by atoms with van der Waals surface area (Å²) in [5, 5.41) is 5.03. The molecule has 1 atom stereocenters. The van der Waals surface area contributed by atoms with Gasteiger partial charge in [0.1, 0.15) is 0 Å². The second-order valence-corrected chi connectivity index (χ2v) is 11.7. The van der Waals surface area contributed by atoms with Crippen molar-refractivity contribution in [3.05, 3.63) is 73.7 Å². The van der Waals surface area contributed by atoms with Crippen LogP contribution in [0.15, 0.2) is 67.5 Å². The Morgan fingerprint density at radius 1 is 1.10 bits per heavy atom. The van der Waals surface area contributed by atoms with Gasteiger partial charge in [-0.05, 0) is 24.6 Å². The van der Waals surface area contributed by atoms with E-state index in [1.165, 1.54) is 19.1 Å². The number of hydrogen-bond acceptors (Lipinski definition) is 5. The quantitative estimate of drug-likeness (QED) is 0.380. The predicted octanol–water partition coefficient (Wildman–Crippen LogP) is 2.79. The van der Waals surface area contributed by atoms with Gasteiger partial charge in [0, 0.05) is 0 Å². The molecular weight excluding hydrogens is 638 g/mol. The van der Waals surface area contributed by atoms with Gasteiger partial charge < -0.3 is 0 Å². The molecule has 2 heterocycles. The second kappa shape index (κ2) is 12.7. The monoisotopic (exact) mass is 668 g/mol. The van der Waals surface area contributed by atoms with Gasteiger partial charge in [0.15, 0.2) is 0 Å². The van der Waals surface area contributed by atoms with E-state index in [2.05, 4.69) is 31.5 Å². The summed E-state index contributed by atoms with van der Waals surface area (Å²) in [5.74, 6) is 1.11. The SMILES string of the molecule is CCC(=O)N1CCN(C2=CC(Oc3ccc(NC(=O)Nc4ccc(C)c(C(F)(F)F)c4)cc3)=NC=C[I-]2)[C@H](C)C1. The first kappa shape index (κ1) is 29.4. The number of ether oxygens (including phenoxy) is 1.